The van der Waals surface area contributed by atoms with E-state index in [9.17, 15) is 0 Å². The summed E-state index contributed by atoms with van der Waals surface area (Å²) in [6.07, 6.45) is 6.38. The molecule has 5 aromatic carbocycles. The SMILES string of the molecule is c1ccc(-c2cc(-c3ccccc3)nc(-c3ccc(-c4cccc5c4C4(CCCCC4)c4ccccc4-5)cc3)n2)cc1. The molecule has 6 aromatic rings. The predicted molar refractivity (Wildman–Crippen MR) is 173 cm³/mol. The third-order valence-corrected chi connectivity index (χ3v) is 9.30. The van der Waals surface area contributed by atoms with Crippen LogP contribution < -0.4 is 0 Å². The minimum Gasteiger partial charge on any atom is -0.228 e. The molecule has 1 fully saturated rings. The van der Waals surface area contributed by atoms with Crippen LogP contribution in [0.3, 0.4) is 0 Å². The van der Waals surface area contributed by atoms with Gasteiger partial charge in [0.25, 0.3) is 0 Å². The Balaban J connectivity index is 1.23. The van der Waals surface area contributed by atoms with E-state index in [1.165, 1.54) is 65.5 Å². The van der Waals surface area contributed by atoms with E-state index in [0.29, 0.717) is 0 Å². The van der Waals surface area contributed by atoms with Crippen LogP contribution in [0.15, 0.2) is 133 Å². The van der Waals surface area contributed by atoms with Gasteiger partial charge >= 0.3 is 0 Å². The van der Waals surface area contributed by atoms with Crippen LogP contribution in [0.5, 0.6) is 0 Å². The van der Waals surface area contributed by atoms with Gasteiger partial charge in [0.2, 0.25) is 0 Å². The highest BCUT2D eigenvalue weighted by molar-refractivity contribution is 5.89. The smallest absolute Gasteiger partial charge is 0.160 e. The van der Waals surface area contributed by atoms with Gasteiger partial charge in [0, 0.05) is 22.1 Å². The number of benzene rings is 5. The Hall–Kier alpha value is -4.82. The maximum Gasteiger partial charge on any atom is 0.160 e. The van der Waals surface area contributed by atoms with Crippen molar-refractivity contribution in [3.63, 3.8) is 0 Å². The van der Waals surface area contributed by atoms with Crippen molar-refractivity contribution in [1.29, 1.82) is 0 Å². The van der Waals surface area contributed by atoms with Gasteiger partial charge in [-0.2, -0.15) is 0 Å². The average Bonchev–Trinajstić information content (AvgIpc) is 3.35. The molecule has 2 aliphatic rings. The van der Waals surface area contributed by atoms with E-state index in [1.807, 2.05) is 12.1 Å². The van der Waals surface area contributed by atoms with Crippen LogP contribution in [0.1, 0.15) is 43.2 Å². The van der Waals surface area contributed by atoms with Gasteiger partial charge in [-0.25, -0.2) is 9.97 Å². The summed E-state index contributed by atoms with van der Waals surface area (Å²) in [4.78, 5) is 10.1. The van der Waals surface area contributed by atoms with E-state index in [2.05, 4.69) is 121 Å². The number of rotatable bonds is 4. The van der Waals surface area contributed by atoms with Crippen molar-refractivity contribution in [2.75, 3.05) is 0 Å². The minimum atomic E-state index is 0.122. The maximum absolute atomic E-state index is 5.04. The van der Waals surface area contributed by atoms with Crippen LogP contribution in [0.25, 0.3) is 56.2 Å². The van der Waals surface area contributed by atoms with E-state index < -0.39 is 0 Å². The maximum atomic E-state index is 5.04. The van der Waals surface area contributed by atoms with Crippen LogP contribution >= 0.6 is 0 Å². The highest BCUT2D eigenvalue weighted by Gasteiger charge is 2.44. The molecule has 0 N–H and O–H groups in total. The lowest BCUT2D eigenvalue weighted by Crippen LogP contribution is -2.28. The first kappa shape index (κ1) is 24.9. The van der Waals surface area contributed by atoms with E-state index in [0.717, 1.165) is 33.9 Å². The lowest BCUT2D eigenvalue weighted by molar-refractivity contribution is 0.353. The molecule has 2 aliphatic carbocycles. The van der Waals surface area contributed by atoms with Gasteiger partial charge in [-0.15, -0.1) is 0 Å². The lowest BCUT2D eigenvalue weighted by Gasteiger charge is -2.37. The fraction of sp³-hybridized carbons (Fsp3) is 0.150. The van der Waals surface area contributed by atoms with Crippen LogP contribution in [0, 0.1) is 0 Å². The summed E-state index contributed by atoms with van der Waals surface area (Å²) in [5, 5.41) is 0. The molecule has 0 unspecified atom stereocenters. The molecule has 202 valence electrons. The molecule has 8 rings (SSSR count). The van der Waals surface area contributed by atoms with Crippen LogP contribution in [0.2, 0.25) is 0 Å². The zero-order valence-corrected chi connectivity index (χ0v) is 23.6. The molecular weight excluding hydrogens is 508 g/mol. The van der Waals surface area contributed by atoms with Gasteiger partial charge in [-0.3, -0.25) is 0 Å². The van der Waals surface area contributed by atoms with Crippen molar-refractivity contribution in [3.05, 3.63) is 145 Å². The topological polar surface area (TPSA) is 25.8 Å². The highest BCUT2D eigenvalue weighted by Crippen LogP contribution is 2.58. The summed E-state index contributed by atoms with van der Waals surface area (Å²) >= 11 is 0. The van der Waals surface area contributed by atoms with Gasteiger partial charge in [-0.05, 0) is 52.3 Å². The molecule has 0 radical (unpaired) electrons. The van der Waals surface area contributed by atoms with Gasteiger partial charge < -0.3 is 0 Å². The van der Waals surface area contributed by atoms with Crippen LogP contribution in [-0.4, -0.2) is 9.97 Å². The molecular formula is C40H32N2. The molecule has 2 heteroatoms. The first-order valence-electron chi connectivity index (χ1n) is 15.1. The number of nitrogens with zero attached hydrogens (tertiary/aromatic N) is 2. The number of hydrogen-bond donors (Lipinski definition) is 0. The monoisotopic (exact) mass is 540 g/mol. The highest BCUT2D eigenvalue weighted by atomic mass is 14.9. The van der Waals surface area contributed by atoms with Crippen LogP contribution in [-0.2, 0) is 5.41 Å². The Labute approximate surface area is 247 Å². The molecule has 0 saturated heterocycles. The Morgan fingerprint density at radius 2 is 0.976 bits per heavy atom. The summed E-state index contributed by atoms with van der Waals surface area (Å²) in [7, 11) is 0. The Kier molecular flexibility index (Phi) is 6.07. The Bertz CT molecular complexity index is 1830. The second kappa shape index (κ2) is 10.2. The van der Waals surface area contributed by atoms with E-state index >= 15 is 0 Å². The van der Waals surface area contributed by atoms with Crippen molar-refractivity contribution in [3.8, 4) is 56.2 Å². The summed E-state index contributed by atoms with van der Waals surface area (Å²) < 4.78 is 0. The number of hydrogen-bond acceptors (Lipinski definition) is 2. The second-order valence-electron chi connectivity index (χ2n) is 11.7. The van der Waals surface area contributed by atoms with Crippen molar-refractivity contribution >= 4 is 0 Å². The predicted octanol–water partition coefficient (Wildman–Crippen LogP) is 10.4. The standard InChI is InChI=1S/C40H32N2/c1-4-13-29(14-5-1)36-27-37(30-15-6-2-7-16-30)42-39(41-36)31-23-21-28(22-24-31)32-18-12-19-34-33-17-8-9-20-35(33)40(38(32)34)25-10-3-11-26-40/h1-2,4-9,12-24,27H,3,10-11,25-26H2. The average molecular weight is 541 g/mol. The molecule has 42 heavy (non-hydrogen) atoms. The first-order chi connectivity index (χ1) is 20.8. The quantitative estimate of drug-likeness (QED) is 0.222. The fourth-order valence-corrected chi connectivity index (χ4v) is 7.37. The zero-order chi connectivity index (χ0) is 27.9. The summed E-state index contributed by atoms with van der Waals surface area (Å²) in [6.45, 7) is 0. The first-order valence-corrected chi connectivity index (χ1v) is 15.1. The summed E-state index contributed by atoms with van der Waals surface area (Å²) in [5.41, 5.74) is 13.7. The summed E-state index contributed by atoms with van der Waals surface area (Å²) in [5.74, 6) is 0.746. The van der Waals surface area contributed by atoms with E-state index in [1.54, 1.807) is 0 Å². The normalized spacial score (nSPS) is 14.9. The third-order valence-electron chi connectivity index (χ3n) is 9.30. The van der Waals surface area contributed by atoms with E-state index in [-0.39, 0.29) is 5.41 Å². The van der Waals surface area contributed by atoms with Gasteiger partial charge in [0.1, 0.15) is 0 Å². The largest absolute Gasteiger partial charge is 0.228 e. The van der Waals surface area contributed by atoms with Crippen molar-refractivity contribution in [2.24, 2.45) is 0 Å². The molecule has 0 bridgehead atoms. The number of aromatic nitrogens is 2. The molecule has 1 saturated carbocycles. The molecule has 0 atom stereocenters. The van der Waals surface area contributed by atoms with Crippen LogP contribution in [0.4, 0.5) is 0 Å². The third kappa shape index (κ3) is 4.10. The van der Waals surface area contributed by atoms with Gasteiger partial charge in [-0.1, -0.05) is 147 Å². The van der Waals surface area contributed by atoms with Gasteiger partial charge in [0.05, 0.1) is 11.4 Å². The zero-order valence-electron chi connectivity index (χ0n) is 23.6. The fourth-order valence-electron chi connectivity index (χ4n) is 7.37. The van der Waals surface area contributed by atoms with Crippen molar-refractivity contribution in [1.82, 2.24) is 9.97 Å². The Morgan fingerprint density at radius 1 is 0.429 bits per heavy atom. The molecule has 0 amide bonds. The Morgan fingerprint density at radius 3 is 1.64 bits per heavy atom. The van der Waals surface area contributed by atoms with E-state index in [4.69, 9.17) is 9.97 Å². The lowest BCUT2D eigenvalue weighted by atomic mass is 9.66. The number of fused-ring (bicyclic) bond motifs is 5. The molecule has 0 aliphatic heterocycles. The van der Waals surface area contributed by atoms with Crippen molar-refractivity contribution < 1.29 is 0 Å². The molecule has 1 heterocycles. The van der Waals surface area contributed by atoms with Gasteiger partial charge in [0.15, 0.2) is 5.82 Å². The molecule has 2 nitrogen and oxygen atoms in total. The minimum absolute atomic E-state index is 0.122. The van der Waals surface area contributed by atoms with Crippen molar-refractivity contribution in [2.45, 2.75) is 37.5 Å². The molecule has 1 aromatic heterocycles. The summed E-state index contributed by atoms with van der Waals surface area (Å²) in [6, 6.07) is 47.8. The second-order valence-corrected chi connectivity index (χ2v) is 11.7. The molecule has 1 spiro atoms.